The van der Waals surface area contributed by atoms with Crippen LogP contribution in [-0.4, -0.2) is 6.54 Å². The number of nitrogens with one attached hydrogen (secondary N) is 1. The van der Waals surface area contributed by atoms with Crippen LogP contribution in [0.5, 0.6) is 0 Å². The summed E-state index contributed by atoms with van der Waals surface area (Å²) in [6, 6.07) is 0. The zero-order valence-electron chi connectivity index (χ0n) is 13.4. The van der Waals surface area contributed by atoms with Crippen molar-refractivity contribution in [2.45, 2.75) is 90.4 Å². The minimum absolute atomic E-state index is 0.786. The molecule has 0 heterocycles. The highest BCUT2D eigenvalue weighted by Gasteiger charge is 1.93. The maximum Gasteiger partial charge on any atom is 0.302 e. The van der Waals surface area contributed by atoms with Gasteiger partial charge in [-0.25, -0.2) is 0 Å². The topological polar surface area (TPSA) is 40.2 Å². The number of hydrogen-bond acceptors (Lipinski definition) is 2. The monoisotopic (exact) mass is 280 g/mol. The van der Waals surface area contributed by atoms with Gasteiger partial charge in [0.05, 0.1) is 6.54 Å². The van der Waals surface area contributed by atoms with Gasteiger partial charge in [-0.15, -0.1) is 0 Å². The van der Waals surface area contributed by atoms with Crippen LogP contribution in [0.4, 0.5) is 0 Å². The number of allylic oxidation sites excluding steroid dienone is 2. The number of unbranched alkanes of at least 4 members (excludes halogenated alkanes) is 11. The van der Waals surface area contributed by atoms with Crippen LogP contribution in [0.3, 0.4) is 0 Å². The predicted octanol–water partition coefficient (Wildman–Crippen LogP) is 5.99. The molecule has 0 atom stereocenters. The third kappa shape index (κ3) is 17.0. The van der Waals surface area contributed by atoms with E-state index in [-0.39, 0.29) is 0 Å². The summed E-state index contributed by atoms with van der Waals surface area (Å²) in [6.45, 7) is 3.05. The molecule has 0 aliphatic rings. The van der Waals surface area contributed by atoms with Crippen LogP contribution < -0.4 is 5.43 Å². The van der Waals surface area contributed by atoms with E-state index in [1.807, 2.05) is 0 Å². The lowest BCUT2D eigenvalue weighted by Crippen LogP contribution is -2.03. The standard InChI is InChI=1S/C17H34N3/c1-2-3-4-5-6-7-8-9-10-11-12-13-14-15-16-17-19-20-18/h9-10,19H,2-8,11-17H2,1H3/q+1/b10-9-. The third-order valence-corrected chi connectivity index (χ3v) is 3.62. The van der Waals surface area contributed by atoms with E-state index in [0.29, 0.717) is 0 Å². The Labute approximate surface area is 125 Å². The second-order valence-corrected chi connectivity index (χ2v) is 5.59. The summed E-state index contributed by atoms with van der Waals surface area (Å²) in [5.74, 6) is 0. The lowest BCUT2D eigenvalue weighted by atomic mass is 10.1. The Bertz CT molecular complexity index is 243. The van der Waals surface area contributed by atoms with Crippen LogP contribution in [0.2, 0.25) is 0 Å². The molecule has 0 rings (SSSR count). The first kappa shape index (κ1) is 19.0. The van der Waals surface area contributed by atoms with Crippen molar-refractivity contribution in [3.63, 3.8) is 0 Å². The molecule has 0 aliphatic carbocycles. The van der Waals surface area contributed by atoms with Gasteiger partial charge in [0.15, 0.2) is 0 Å². The molecule has 0 aromatic carbocycles. The molecule has 0 aromatic heterocycles. The summed E-state index contributed by atoms with van der Waals surface area (Å²) in [5, 5.41) is 11.1. The summed E-state index contributed by atoms with van der Waals surface area (Å²) in [6.07, 6.45) is 21.8. The van der Waals surface area contributed by atoms with Gasteiger partial charge in [-0.3, -0.25) is 0 Å². The molecule has 1 N–H and O–H groups in total. The van der Waals surface area contributed by atoms with Crippen LogP contribution in [0.15, 0.2) is 12.2 Å². The van der Waals surface area contributed by atoms with Gasteiger partial charge >= 0.3 is 5.08 Å². The van der Waals surface area contributed by atoms with Crippen LogP contribution in [0.1, 0.15) is 90.4 Å². The second kappa shape index (κ2) is 18.0. The fourth-order valence-corrected chi connectivity index (χ4v) is 2.32. The molecular formula is C17H34N3+. The number of hydrogen-bond donors (Lipinski definition) is 1. The highest BCUT2D eigenvalue weighted by Crippen LogP contribution is 2.09. The average molecular weight is 280 g/mol. The fraction of sp³-hybridized carbons (Fsp3) is 0.882. The van der Waals surface area contributed by atoms with Crippen molar-refractivity contribution in [3.05, 3.63) is 17.2 Å². The SMILES string of the molecule is CCCCCCCC/C=C\CCCCCCCN[N+]#N. The predicted molar refractivity (Wildman–Crippen MR) is 87.9 cm³/mol. The molecule has 116 valence electrons. The fourth-order valence-electron chi connectivity index (χ4n) is 2.32. The Hall–Kier alpha value is -1.04. The van der Waals surface area contributed by atoms with Crippen LogP contribution in [0, 0.1) is 5.39 Å². The number of diazo groups is 1. The van der Waals surface area contributed by atoms with E-state index in [4.69, 9.17) is 5.39 Å². The van der Waals surface area contributed by atoms with Crippen molar-refractivity contribution in [3.8, 4) is 0 Å². The molecule has 0 bridgehead atoms. The Balaban J connectivity index is 3.03. The molecule has 3 nitrogen and oxygen atoms in total. The van der Waals surface area contributed by atoms with Gasteiger partial charge in [-0.1, -0.05) is 70.4 Å². The lowest BCUT2D eigenvalue weighted by Gasteiger charge is -1.98. The number of nitrogens with zero attached hydrogens (tertiary/aromatic N) is 2. The average Bonchev–Trinajstić information content (AvgIpc) is 2.47. The first-order chi connectivity index (χ1) is 9.91. The quantitative estimate of drug-likeness (QED) is 0.173. The normalized spacial score (nSPS) is 10.8. The van der Waals surface area contributed by atoms with Gasteiger partial charge in [0.25, 0.3) is 5.39 Å². The molecule has 0 radical (unpaired) electrons. The summed E-state index contributed by atoms with van der Waals surface area (Å²) in [7, 11) is 0. The van der Waals surface area contributed by atoms with E-state index >= 15 is 0 Å². The van der Waals surface area contributed by atoms with Crippen LogP contribution in [0.25, 0.3) is 5.08 Å². The van der Waals surface area contributed by atoms with Crippen molar-refractivity contribution >= 4 is 0 Å². The summed E-state index contributed by atoms with van der Waals surface area (Å²) in [4.78, 5) is 0. The van der Waals surface area contributed by atoms with E-state index in [2.05, 4.69) is 29.6 Å². The zero-order valence-corrected chi connectivity index (χ0v) is 13.4. The summed E-state index contributed by atoms with van der Waals surface area (Å²) in [5.41, 5.74) is 2.56. The van der Waals surface area contributed by atoms with Crippen molar-refractivity contribution in [2.24, 2.45) is 0 Å². The second-order valence-electron chi connectivity index (χ2n) is 5.59. The van der Waals surface area contributed by atoms with Crippen molar-refractivity contribution in [1.29, 1.82) is 5.39 Å². The minimum Gasteiger partial charge on any atom is -0.0885 e. The van der Waals surface area contributed by atoms with Gasteiger partial charge in [0, 0.05) is 0 Å². The highest BCUT2D eigenvalue weighted by atomic mass is 15.3. The van der Waals surface area contributed by atoms with Crippen molar-refractivity contribution < 1.29 is 0 Å². The van der Waals surface area contributed by atoms with Crippen LogP contribution in [-0.2, 0) is 0 Å². The van der Waals surface area contributed by atoms with Gasteiger partial charge in [-0.05, 0) is 37.5 Å². The minimum atomic E-state index is 0.786. The highest BCUT2D eigenvalue weighted by molar-refractivity contribution is 4.81. The maximum atomic E-state index is 8.19. The first-order valence-corrected chi connectivity index (χ1v) is 8.63. The molecule has 0 aromatic rings. The van der Waals surface area contributed by atoms with Gasteiger partial charge in [0.1, 0.15) is 0 Å². The van der Waals surface area contributed by atoms with Crippen molar-refractivity contribution in [1.82, 2.24) is 5.43 Å². The molecular weight excluding hydrogens is 246 g/mol. The van der Waals surface area contributed by atoms with E-state index in [1.165, 1.54) is 77.0 Å². The smallest absolute Gasteiger partial charge is 0.0885 e. The molecule has 0 saturated carbocycles. The van der Waals surface area contributed by atoms with E-state index in [0.717, 1.165) is 13.0 Å². The third-order valence-electron chi connectivity index (χ3n) is 3.62. The summed E-state index contributed by atoms with van der Waals surface area (Å²) < 4.78 is 0. The molecule has 0 fully saturated rings. The van der Waals surface area contributed by atoms with Crippen LogP contribution >= 0.6 is 0 Å². The largest absolute Gasteiger partial charge is 0.302 e. The molecule has 20 heavy (non-hydrogen) atoms. The number of rotatable bonds is 15. The van der Waals surface area contributed by atoms with Gasteiger partial charge < -0.3 is 0 Å². The Morgan fingerprint density at radius 2 is 1.25 bits per heavy atom. The Kier molecular flexibility index (Phi) is 17.0. The van der Waals surface area contributed by atoms with E-state index < -0.39 is 0 Å². The lowest BCUT2D eigenvalue weighted by molar-refractivity contribution is 0.602. The maximum absolute atomic E-state index is 8.19. The van der Waals surface area contributed by atoms with Crippen molar-refractivity contribution in [2.75, 3.05) is 6.54 Å². The molecule has 0 aliphatic heterocycles. The molecule has 3 heteroatoms. The molecule has 0 unspecified atom stereocenters. The molecule has 0 saturated heterocycles. The summed E-state index contributed by atoms with van der Waals surface area (Å²) >= 11 is 0. The van der Waals surface area contributed by atoms with E-state index in [1.54, 1.807) is 0 Å². The zero-order chi connectivity index (χ0) is 14.7. The molecule has 0 amide bonds. The van der Waals surface area contributed by atoms with Gasteiger partial charge in [0.2, 0.25) is 0 Å². The van der Waals surface area contributed by atoms with Gasteiger partial charge in [-0.2, -0.15) is 0 Å². The van der Waals surface area contributed by atoms with E-state index in [9.17, 15) is 0 Å². The molecule has 0 spiro atoms. The Morgan fingerprint density at radius 3 is 1.80 bits per heavy atom. The first-order valence-electron chi connectivity index (χ1n) is 8.63. The Morgan fingerprint density at radius 1 is 0.750 bits per heavy atom.